The normalized spacial score (nSPS) is 11.7. The molecule has 0 aliphatic heterocycles. The molecule has 0 spiro atoms. The molecule has 33 heavy (non-hydrogen) atoms. The smallest absolute Gasteiger partial charge is 0.345 e. The summed E-state index contributed by atoms with van der Waals surface area (Å²) >= 11 is 0. The number of aromatic nitrogens is 4. The van der Waals surface area contributed by atoms with Gasteiger partial charge in [0.2, 0.25) is 5.69 Å². The van der Waals surface area contributed by atoms with Crippen LogP contribution in [0.5, 0.6) is 0 Å². The Hall–Kier alpha value is -4.40. The molecule has 2 aromatic heterocycles. The van der Waals surface area contributed by atoms with Gasteiger partial charge in [-0.2, -0.15) is 9.78 Å². The molecule has 0 aliphatic carbocycles. The highest BCUT2D eigenvalue weighted by atomic mass is 19.1. The van der Waals surface area contributed by atoms with Gasteiger partial charge in [-0.15, -0.1) is 0 Å². The molecule has 4 aromatic rings. The summed E-state index contributed by atoms with van der Waals surface area (Å²) in [5, 5.41) is 6.54. The van der Waals surface area contributed by atoms with Gasteiger partial charge >= 0.3 is 5.69 Å². The molecule has 9 heteroatoms. The van der Waals surface area contributed by atoms with Crippen LogP contribution in [0.2, 0.25) is 0 Å². The standard InChI is InChI=1S/C24H20FN5O3/c1-16(17-9-3-2-4-10-17)29-23(32)21(22(31)27-15-18-11-7-8-14-26-18)28-30(24(29)33)20-13-6-5-12-19(20)25/h2-14,16H,15H2,1H3,(H,27,31)/t16-/m1/s1. The average Bonchev–Trinajstić information content (AvgIpc) is 2.84. The summed E-state index contributed by atoms with van der Waals surface area (Å²) in [5.41, 5.74) is -1.19. The summed E-state index contributed by atoms with van der Waals surface area (Å²) < 4.78 is 16.2. The van der Waals surface area contributed by atoms with Crippen LogP contribution in [0.4, 0.5) is 4.39 Å². The minimum Gasteiger partial charge on any atom is -0.345 e. The predicted molar refractivity (Wildman–Crippen MR) is 120 cm³/mol. The number of nitrogens with zero attached hydrogens (tertiary/aromatic N) is 4. The molecule has 166 valence electrons. The van der Waals surface area contributed by atoms with Crippen molar-refractivity contribution in [3.05, 3.63) is 123 Å². The molecule has 0 saturated heterocycles. The maximum atomic E-state index is 14.5. The van der Waals surface area contributed by atoms with Crippen LogP contribution in [-0.2, 0) is 6.54 Å². The van der Waals surface area contributed by atoms with Crippen molar-refractivity contribution in [3.8, 4) is 5.69 Å². The van der Waals surface area contributed by atoms with Crippen molar-refractivity contribution in [2.24, 2.45) is 0 Å². The molecule has 0 unspecified atom stereocenters. The topological polar surface area (TPSA) is 98.9 Å². The number of para-hydroxylation sites is 1. The number of rotatable bonds is 6. The van der Waals surface area contributed by atoms with Crippen LogP contribution in [0.25, 0.3) is 5.69 Å². The number of carbonyl (C=O) groups is 1. The van der Waals surface area contributed by atoms with Gasteiger partial charge in [0.15, 0.2) is 0 Å². The van der Waals surface area contributed by atoms with E-state index in [-0.39, 0.29) is 12.2 Å². The number of halogens is 1. The monoisotopic (exact) mass is 445 g/mol. The highest BCUT2D eigenvalue weighted by molar-refractivity contribution is 5.91. The first kappa shape index (κ1) is 21.8. The molecular weight excluding hydrogens is 425 g/mol. The molecule has 2 aromatic carbocycles. The zero-order valence-corrected chi connectivity index (χ0v) is 17.7. The summed E-state index contributed by atoms with van der Waals surface area (Å²) in [7, 11) is 0. The quantitative estimate of drug-likeness (QED) is 0.492. The van der Waals surface area contributed by atoms with E-state index in [0.717, 1.165) is 9.25 Å². The molecule has 2 heterocycles. The Bertz CT molecular complexity index is 1400. The van der Waals surface area contributed by atoms with Crippen molar-refractivity contribution >= 4 is 5.91 Å². The van der Waals surface area contributed by atoms with Crippen LogP contribution in [0.3, 0.4) is 0 Å². The summed E-state index contributed by atoms with van der Waals surface area (Å²) in [6, 6.07) is 18.9. The lowest BCUT2D eigenvalue weighted by molar-refractivity contribution is 0.0940. The SMILES string of the molecule is C[C@H](c1ccccc1)n1c(=O)c(C(=O)NCc2ccccn2)nn(-c2ccccc2F)c1=O. The Morgan fingerprint density at radius 3 is 2.39 bits per heavy atom. The van der Waals surface area contributed by atoms with E-state index >= 15 is 0 Å². The first-order valence-electron chi connectivity index (χ1n) is 10.2. The second kappa shape index (κ2) is 9.39. The number of benzene rings is 2. The van der Waals surface area contributed by atoms with Crippen LogP contribution in [0.15, 0.2) is 88.6 Å². The Labute approximate surface area is 188 Å². The van der Waals surface area contributed by atoms with E-state index in [1.165, 1.54) is 24.3 Å². The lowest BCUT2D eigenvalue weighted by Crippen LogP contribution is -2.47. The number of carbonyl (C=O) groups excluding carboxylic acids is 1. The third kappa shape index (κ3) is 4.47. The largest absolute Gasteiger partial charge is 0.352 e. The first-order chi connectivity index (χ1) is 16.0. The fourth-order valence-corrected chi connectivity index (χ4v) is 3.39. The van der Waals surface area contributed by atoms with Gasteiger partial charge in [0.05, 0.1) is 18.3 Å². The van der Waals surface area contributed by atoms with Gasteiger partial charge in [-0.05, 0) is 36.8 Å². The van der Waals surface area contributed by atoms with E-state index in [1.807, 2.05) is 0 Å². The van der Waals surface area contributed by atoms with Crippen LogP contribution in [-0.4, -0.2) is 25.2 Å². The Morgan fingerprint density at radius 2 is 1.70 bits per heavy atom. The van der Waals surface area contributed by atoms with E-state index < -0.39 is 34.7 Å². The van der Waals surface area contributed by atoms with E-state index in [4.69, 9.17) is 0 Å². The van der Waals surface area contributed by atoms with E-state index in [9.17, 15) is 18.8 Å². The molecule has 0 saturated carbocycles. The zero-order chi connectivity index (χ0) is 23.4. The Balaban J connectivity index is 1.85. The Kier molecular flexibility index (Phi) is 6.21. The van der Waals surface area contributed by atoms with Crippen LogP contribution >= 0.6 is 0 Å². The third-order valence-corrected chi connectivity index (χ3v) is 5.13. The van der Waals surface area contributed by atoms with Gasteiger partial charge in [-0.1, -0.05) is 48.5 Å². The minimum absolute atomic E-state index is 0.0495. The van der Waals surface area contributed by atoms with Crippen LogP contribution in [0.1, 0.15) is 34.7 Å². The fourth-order valence-electron chi connectivity index (χ4n) is 3.39. The minimum atomic E-state index is -0.873. The highest BCUT2D eigenvalue weighted by Crippen LogP contribution is 2.15. The molecule has 0 radical (unpaired) electrons. The average molecular weight is 445 g/mol. The van der Waals surface area contributed by atoms with Crippen LogP contribution in [0, 0.1) is 5.82 Å². The van der Waals surface area contributed by atoms with Gasteiger partial charge in [-0.3, -0.25) is 14.6 Å². The number of nitrogens with one attached hydrogen (secondary N) is 1. The van der Waals surface area contributed by atoms with Crippen molar-refractivity contribution < 1.29 is 9.18 Å². The summed E-state index contributed by atoms with van der Waals surface area (Å²) in [6.07, 6.45) is 1.58. The van der Waals surface area contributed by atoms with E-state index in [2.05, 4.69) is 15.4 Å². The molecule has 4 rings (SSSR count). The van der Waals surface area contributed by atoms with Gasteiger partial charge in [-0.25, -0.2) is 13.8 Å². The van der Waals surface area contributed by atoms with Crippen molar-refractivity contribution in [3.63, 3.8) is 0 Å². The summed E-state index contributed by atoms with van der Waals surface area (Å²) in [5.74, 6) is -1.52. The van der Waals surface area contributed by atoms with E-state index in [1.54, 1.807) is 61.7 Å². The molecule has 0 fully saturated rings. The van der Waals surface area contributed by atoms with Crippen molar-refractivity contribution in [2.75, 3.05) is 0 Å². The van der Waals surface area contributed by atoms with Crippen molar-refractivity contribution in [2.45, 2.75) is 19.5 Å². The zero-order valence-electron chi connectivity index (χ0n) is 17.7. The molecular formula is C24H20FN5O3. The van der Waals surface area contributed by atoms with Crippen molar-refractivity contribution in [1.29, 1.82) is 0 Å². The predicted octanol–water partition coefficient (Wildman–Crippen LogP) is 2.47. The van der Waals surface area contributed by atoms with Crippen LogP contribution < -0.4 is 16.6 Å². The highest BCUT2D eigenvalue weighted by Gasteiger charge is 2.24. The maximum Gasteiger partial charge on any atom is 0.352 e. The molecule has 1 N–H and O–H groups in total. The molecule has 0 bridgehead atoms. The lowest BCUT2D eigenvalue weighted by Gasteiger charge is -2.18. The number of hydrogen-bond donors (Lipinski definition) is 1. The number of amides is 1. The first-order valence-corrected chi connectivity index (χ1v) is 10.2. The summed E-state index contributed by atoms with van der Waals surface area (Å²) in [6.45, 7) is 1.70. The summed E-state index contributed by atoms with van der Waals surface area (Å²) in [4.78, 5) is 43.5. The lowest BCUT2D eigenvalue weighted by atomic mass is 10.1. The van der Waals surface area contributed by atoms with Gasteiger partial charge in [0, 0.05) is 6.20 Å². The molecule has 0 aliphatic rings. The molecule has 8 nitrogen and oxygen atoms in total. The third-order valence-electron chi connectivity index (χ3n) is 5.13. The number of hydrogen-bond acceptors (Lipinski definition) is 5. The second-order valence-corrected chi connectivity index (χ2v) is 7.26. The molecule has 1 atom stereocenters. The Morgan fingerprint density at radius 1 is 1.00 bits per heavy atom. The van der Waals surface area contributed by atoms with Crippen molar-refractivity contribution in [1.82, 2.24) is 24.6 Å². The fraction of sp³-hybridized carbons (Fsp3) is 0.125. The number of pyridine rings is 1. The van der Waals surface area contributed by atoms with Gasteiger partial charge in [0.1, 0.15) is 11.5 Å². The second-order valence-electron chi connectivity index (χ2n) is 7.26. The van der Waals surface area contributed by atoms with Gasteiger partial charge in [0.25, 0.3) is 11.5 Å². The maximum absolute atomic E-state index is 14.5. The molecule has 1 amide bonds. The van der Waals surface area contributed by atoms with Gasteiger partial charge < -0.3 is 5.32 Å². The van der Waals surface area contributed by atoms with E-state index in [0.29, 0.717) is 11.3 Å².